The molecule has 152 valence electrons. The molecule has 2 aromatic carbocycles. The van der Waals surface area contributed by atoms with Gasteiger partial charge in [0.05, 0.1) is 5.52 Å². The molecule has 1 atom stereocenters. The Labute approximate surface area is 188 Å². The van der Waals surface area contributed by atoms with Gasteiger partial charge in [0.2, 0.25) is 0 Å². The first kappa shape index (κ1) is 25.0. The minimum atomic E-state index is -0.286. The number of nitrogens with zero attached hydrogens (tertiary/aromatic N) is 1. The largest absolute Gasteiger partial charge is 0.322 e. The number of hydrogen-bond acceptors (Lipinski definition) is 4. The summed E-state index contributed by atoms with van der Waals surface area (Å²) in [5.74, 6) is 0. The van der Waals surface area contributed by atoms with E-state index in [2.05, 4.69) is 54.7 Å². The topological polar surface area (TPSA) is 50.9 Å². The fraction of sp³-hybridized carbons (Fsp3) is 0.286. The zero-order valence-corrected chi connectivity index (χ0v) is 19.3. The summed E-state index contributed by atoms with van der Waals surface area (Å²) in [6.07, 6.45) is 3.88. The molecule has 0 aliphatic heterocycles. The van der Waals surface area contributed by atoms with Gasteiger partial charge in [0.15, 0.2) is 0 Å². The van der Waals surface area contributed by atoms with Crippen molar-refractivity contribution in [3.8, 4) is 0 Å². The summed E-state index contributed by atoms with van der Waals surface area (Å²) in [6.45, 7) is 5.04. The maximum absolute atomic E-state index is 6.66. The lowest BCUT2D eigenvalue weighted by Gasteiger charge is -2.34. The van der Waals surface area contributed by atoms with Crippen molar-refractivity contribution in [3.05, 3.63) is 70.9 Å². The first-order chi connectivity index (χ1) is 12.4. The Morgan fingerprint density at radius 3 is 2.43 bits per heavy atom. The van der Waals surface area contributed by atoms with Gasteiger partial charge >= 0.3 is 0 Å². The third-order valence-electron chi connectivity index (χ3n) is 4.76. The highest BCUT2D eigenvalue weighted by Crippen LogP contribution is 2.30. The molecular weight excluding hydrogens is 433 g/mol. The second-order valence-corrected chi connectivity index (χ2v) is 8.28. The summed E-state index contributed by atoms with van der Waals surface area (Å²) in [4.78, 5) is 5.68. The molecular formula is C21H26Cl3N3S. The van der Waals surface area contributed by atoms with Crippen molar-refractivity contribution in [2.75, 3.05) is 6.26 Å². The van der Waals surface area contributed by atoms with Crippen molar-refractivity contribution >= 4 is 59.1 Å². The molecule has 0 aliphatic carbocycles. The summed E-state index contributed by atoms with van der Waals surface area (Å²) < 4.78 is 0. The Bertz CT molecular complexity index is 901. The van der Waals surface area contributed by atoms with E-state index in [1.54, 1.807) is 18.0 Å². The quantitative estimate of drug-likeness (QED) is 0.443. The summed E-state index contributed by atoms with van der Waals surface area (Å²) in [6, 6.07) is 16.2. The molecule has 28 heavy (non-hydrogen) atoms. The molecule has 0 saturated heterocycles. The molecule has 3 nitrogen and oxygen atoms in total. The number of hydrogen-bond donors (Lipinski definition) is 2. The third kappa shape index (κ3) is 5.76. The normalized spacial score (nSPS) is 12.2. The number of fused-ring (bicyclic) bond motifs is 1. The van der Waals surface area contributed by atoms with E-state index in [1.165, 1.54) is 10.5 Å². The number of thioether (sulfide) groups is 1. The monoisotopic (exact) mass is 457 g/mol. The molecule has 0 amide bonds. The standard InChI is InChI=1S/C21H24ClN3S.2ClH/c1-21(2,25-13-14-4-7-16(26-3)8-5-14)20(23)18-10-11-24-19-12-15(22)6-9-17(18)19;;/h4-12,20,25H,13,23H2,1-3H3;2*1H. The smallest absolute Gasteiger partial charge is 0.0720 e. The van der Waals surface area contributed by atoms with Gasteiger partial charge in [0.25, 0.3) is 0 Å². The van der Waals surface area contributed by atoms with Crippen LogP contribution < -0.4 is 11.1 Å². The molecule has 0 spiro atoms. The van der Waals surface area contributed by atoms with Gasteiger partial charge in [-0.1, -0.05) is 29.8 Å². The van der Waals surface area contributed by atoms with Gasteiger partial charge in [-0.25, -0.2) is 0 Å². The second-order valence-electron chi connectivity index (χ2n) is 6.96. The highest BCUT2D eigenvalue weighted by Gasteiger charge is 2.28. The van der Waals surface area contributed by atoms with Crippen LogP contribution in [0.15, 0.2) is 59.6 Å². The Balaban J connectivity index is 0.00000196. The van der Waals surface area contributed by atoms with Crippen LogP contribution in [0.3, 0.4) is 0 Å². The zero-order valence-electron chi connectivity index (χ0n) is 16.1. The Morgan fingerprint density at radius 2 is 1.79 bits per heavy atom. The van der Waals surface area contributed by atoms with Gasteiger partial charge in [-0.2, -0.15) is 0 Å². The fourth-order valence-electron chi connectivity index (χ4n) is 2.99. The Kier molecular flexibility index (Phi) is 9.54. The highest BCUT2D eigenvalue weighted by molar-refractivity contribution is 7.98. The predicted octanol–water partition coefficient (Wildman–Crippen LogP) is 6.02. The first-order valence-corrected chi connectivity index (χ1v) is 10.2. The number of nitrogens with two attached hydrogens (primary N) is 1. The molecule has 3 aromatic rings. The Morgan fingerprint density at radius 1 is 1.11 bits per heavy atom. The van der Waals surface area contributed by atoms with Crippen molar-refractivity contribution in [2.45, 2.75) is 36.9 Å². The molecule has 3 N–H and O–H groups in total. The Hall–Kier alpha value is -1.01. The molecule has 1 aromatic heterocycles. The number of nitrogens with one attached hydrogen (secondary N) is 1. The van der Waals surface area contributed by atoms with Gasteiger partial charge in [-0.15, -0.1) is 36.6 Å². The van der Waals surface area contributed by atoms with Crippen LogP contribution >= 0.6 is 48.2 Å². The summed E-state index contributed by atoms with van der Waals surface area (Å²) in [7, 11) is 0. The first-order valence-electron chi connectivity index (χ1n) is 8.58. The molecule has 1 heterocycles. The van der Waals surface area contributed by atoms with E-state index in [0.717, 1.165) is 23.0 Å². The lowest BCUT2D eigenvalue weighted by atomic mass is 9.87. The van der Waals surface area contributed by atoms with Gasteiger partial charge in [-0.3, -0.25) is 4.98 Å². The van der Waals surface area contributed by atoms with Crippen LogP contribution in [0.2, 0.25) is 5.02 Å². The van der Waals surface area contributed by atoms with E-state index < -0.39 is 0 Å². The zero-order chi connectivity index (χ0) is 18.7. The van der Waals surface area contributed by atoms with E-state index in [9.17, 15) is 0 Å². The lowest BCUT2D eigenvalue weighted by Crippen LogP contribution is -2.48. The molecule has 0 bridgehead atoms. The molecule has 3 rings (SSSR count). The van der Waals surface area contributed by atoms with E-state index in [0.29, 0.717) is 5.02 Å². The summed E-state index contributed by atoms with van der Waals surface area (Å²) in [5.41, 5.74) is 9.56. The van der Waals surface area contributed by atoms with E-state index in [4.69, 9.17) is 17.3 Å². The average molecular weight is 459 g/mol. The summed E-state index contributed by atoms with van der Waals surface area (Å²) in [5, 5.41) is 5.34. The number of aromatic nitrogens is 1. The van der Waals surface area contributed by atoms with Crippen LogP contribution in [0.4, 0.5) is 0 Å². The minimum Gasteiger partial charge on any atom is -0.322 e. The van der Waals surface area contributed by atoms with Crippen molar-refractivity contribution < 1.29 is 0 Å². The van der Waals surface area contributed by atoms with E-state index in [-0.39, 0.29) is 36.4 Å². The van der Waals surface area contributed by atoms with Crippen LogP contribution in [-0.2, 0) is 6.54 Å². The molecule has 1 unspecified atom stereocenters. The molecule has 0 saturated carbocycles. The average Bonchev–Trinajstić information content (AvgIpc) is 2.65. The number of rotatable bonds is 6. The number of halogens is 3. The minimum absolute atomic E-state index is 0. The van der Waals surface area contributed by atoms with Gasteiger partial charge in [-0.05, 0) is 61.6 Å². The fourth-order valence-corrected chi connectivity index (χ4v) is 3.56. The van der Waals surface area contributed by atoms with Gasteiger partial charge < -0.3 is 11.1 Å². The molecule has 0 aliphatic rings. The van der Waals surface area contributed by atoms with Crippen LogP contribution in [0.1, 0.15) is 31.0 Å². The molecule has 0 fully saturated rings. The summed E-state index contributed by atoms with van der Waals surface area (Å²) >= 11 is 7.84. The SMILES string of the molecule is CSc1ccc(CNC(C)(C)C(N)c2ccnc3cc(Cl)ccc23)cc1.Cl.Cl. The molecule has 0 radical (unpaired) electrons. The van der Waals surface area contributed by atoms with Gasteiger partial charge in [0.1, 0.15) is 0 Å². The van der Waals surface area contributed by atoms with E-state index in [1.807, 2.05) is 24.3 Å². The van der Waals surface area contributed by atoms with Crippen LogP contribution in [0.25, 0.3) is 10.9 Å². The van der Waals surface area contributed by atoms with Gasteiger partial charge in [0, 0.05) is 39.6 Å². The van der Waals surface area contributed by atoms with Crippen LogP contribution in [0.5, 0.6) is 0 Å². The van der Waals surface area contributed by atoms with Crippen molar-refractivity contribution in [1.29, 1.82) is 0 Å². The second kappa shape index (κ2) is 10.7. The third-order valence-corrected chi connectivity index (χ3v) is 5.74. The van der Waals surface area contributed by atoms with Crippen LogP contribution in [-0.4, -0.2) is 16.8 Å². The van der Waals surface area contributed by atoms with Crippen molar-refractivity contribution in [1.82, 2.24) is 10.3 Å². The number of benzene rings is 2. The lowest BCUT2D eigenvalue weighted by molar-refractivity contribution is 0.322. The van der Waals surface area contributed by atoms with Crippen molar-refractivity contribution in [3.63, 3.8) is 0 Å². The maximum Gasteiger partial charge on any atom is 0.0720 e. The highest BCUT2D eigenvalue weighted by atomic mass is 35.5. The van der Waals surface area contributed by atoms with E-state index >= 15 is 0 Å². The number of pyridine rings is 1. The predicted molar refractivity (Wildman–Crippen MR) is 127 cm³/mol. The van der Waals surface area contributed by atoms with Crippen LogP contribution in [0, 0.1) is 0 Å². The molecule has 7 heteroatoms. The van der Waals surface area contributed by atoms with Crippen molar-refractivity contribution in [2.24, 2.45) is 5.73 Å². The maximum atomic E-state index is 6.66.